The molecule has 0 radical (unpaired) electrons. The van der Waals surface area contributed by atoms with Gasteiger partial charge in [-0.3, -0.25) is 9.78 Å². The number of pyridine rings is 1. The molecule has 0 saturated carbocycles. The van der Waals surface area contributed by atoms with Crippen LogP contribution in [0.2, 0.25) is 5.02 Å². The number of hydrogen-bond acceptors (Lipinski definition) is 4. The average Bonchev–Trinajstić information content (AvgIpc) is 3.09. The second kappa shape index (κ2) is 8.50. The van der Waals surface area contributed by atoms with E-state index in [2.05, 4.69) is 41.4 Å². The summed E-state index contributed by atoms with van der Waals surface area (Å²) in [6.45, 7) is 6.74. The Morgan fingerprint density at radius 2 is 2.10 bits per heavy atom. The fraction of sp³-hybridized carbons (Fsp3) is 0.333. The number of nitriles is 1. The topological polar surface area (TPSA) is 93.4 Å². The number of aromatic nitrogens is 1. The van der Waals surface area contributed by atoms with Gasteiger partial charge in [-0.1, -0.05) is 32.4 Å². The molecule has 3 rings (SSSR count). The minimum Gasteiger partial charge on any atom is -0.353 e. The first-order chi connectivity index (χ1) is 13.8. The number of amides is 1. The standard InChI is InChI=1S/C21H23ClN6O/c1-21(2,3)18(27-19(29)14-6-8-15(22)9-7-14)17-12-25-20(26-13-23)28(17)16-5-4-10-24-11-16/h4-11,17-18H,12H2,1-3H3,(H,25,26)(H,27,29). The summed E-state index contributed by atoms with van der Waals surface area (Å²) in [6, 6.07) is 10.1. The molecule has 1 amide bonds. The van der Waals surface area contributed by atoms with Crippen molar-refractivity contribution in [3.63, 3.8) is 0 Å². The summed E-state index contributed by atoms with van der Waals surface area (Å²) >= 11 is 5.94. The maximum Gasteiger partial charge on any atom is 0.251 e. The van der Waals surface area contributed by atoms with E-state index < -0.39 is 0 Å². The molecule has 0 bridgehead atoms. The number of rotatable bonds is 4. The summed E-state index contributed by atoms with van der Waals surface area (Å²) in [5.74, 6) is 0.263. The maximum atomic E-state index is 12.9. The van der Waals surface area contributed by atoms with Gasteiger partial charge in [0.2, 0.25) is 12.2 Å². The molecule has 8 heteroatoms. The Balaban J connectivity index is 1.95. The lowest BCUT2D eigenvalue weighted by atomic mass is 9.81. The fourth-order valence-corrected chi connectivity index (χ4v) is 3.59. The van der Waals surface area contributed by atoms with Gasteiger partial charge in [0.1, 0.15) is 0 Å². The quantitative estimate of drug-likeness (QED) is 0.755. The van der Waals surface area contributed by atoms with Crippen LogP contribution < -0.4 is 15.5 Å². The van der Waals surface area contributed by atoms with Gasteiger partial charge < -0.3 is 15.5 Å². The van der Waals surface area contributed by atoms with Crippen molar-refractivity contribution >= 4 is 29.2 Å². The zero-order valence-electron chi connectivity index (χ0n) is 16.6. The minimum absolute atomic E-state index is 0.164. The number of halogens is 1. The van der Waals surface area contributed by atoms with Crippen LogP contribution in [0, 0.1) is 16.9 Å². The van der Waals surface area contributed by atoms with Gasteiger partial charge in [-0.2, -0.15) is 5.26 Å². The van der Waals surface area contributed by atoms with Gasteiger partial charge in [-0.25, -0.2) is 0 Å². The smallest absolute Gasteiger partial charge is 0.251 e. The van der Waals surface area contributed by atoms with E-state index in [1.165, 1.54) is 0 Å². The third-order valence-electron chi connectivity index (χ3n) is 4.82. The van der Waals surface area contributed by atoms with Crippen molar-refractivity contribution in [2.45, 2.75) is 32.9 Å². The highest BCUT2D eigenvalue weighted by atomic mass is 35.5. The Kier molecular flexibility index (Phi) is 6.04. The largest absolute Gasteiger partial charge is 0.353 e. The van der Waals surface area contributed by atoms with E-state index in [-0.39, 0.29) is 23.4 Å². The number of carbonyl (C=O) groups is 1. The zero-order valence-corrected chi connectivity index (χ0v) is 17.3. The van der Waals surface area contributed by atoms with Crippen molar-refractivity contribution in [1.82, 2.24) is 15.6 Å². The van der Waals surface area contributed by atoms with Crippen LogP contribution in [0.15, 0.2) is 53.8 Å². The maximum absolute atomic E-state index is 12.9. The molecular weight excluding hydrogens is 388 g/mol. The zero-order chi connectivity index (χ0) is 21.0. The Hall–Kier alpha value is -3.11. The molecule has 150 valence electrons. The van der Waals surface area contributed by atoms with Crippen LogP contribution in [0.5, 0.6) is 0 Å². The number of carbonyl (C=O) groups excluding carboxylic acids is 1. The van der Waals surface area contributed by atoms with Crippen molar-refractivity contribution in [3.8, 4) is 6.19 Å². The molecule has 1 saturated heterocycles. The summed E-state index contributed by atoms with van der Waals surface area (Å²) in [5, 5.41) is 16.0. The molecule has 2 atom stereocenters. The fourth-order valence-electron chi connectivity index (χ4n) is 3.46. The van der Waals surface area contributed by atoms with E-state index in [0.29, 0.717) is 23.1 Å². The molecule has 2 unspecified atom stereocenters. The van der Waals surface area contributed by atoms with Crippen molar-refractivity contribution in [1.29, 1.82) is 5.26 Å². The lowest BCUT2D eigenvalue weighted by Crippen LogP contribution is -2.57. The average molecular weight is 411 g/mol. The van der Waals surface area contributed by atoms with Crippen molar-refractivity contribution < 1.29 is 4.79 Å². The van der Waals surface area contributed by atoms with Crippen LogP contribution in [-0.2, 0) is 0 Å². The first kappa shape index (κ1) is 20.6. The molecule has 29 heavy (non-hydrogen) atoms. The van der Waals surface area contributed by atoms with Crippen LogP contribution in [-0.4, -0.2) is 35.5 Å². The van der Waals surface area contributed by atoms with Crippen LogP contribution in [0.25, 0.3) is 0 Å². The second-order valence-corrected chi connectivity index (χ2v) is 8.33. The molecule has 2 N–H and O–H groups in total. The van der Waals surface area contributed by atoms with Gasteiger partial charge in [-0.15, -0.1) is 4.99 Å². The van der Waals surface area contributed by atoms with E-state index in [1.54, 1.807) is 36.7 Å². The molecule has 1 aliphatic rings. The monoisotopic (exact) mass is 410 g/mol. The molecular formula is C21H23ClN6O. The molecule has 7 nitrogen and oxygen atoms in total. The molecule has 2 aromatic rings. The summed E-state index contributed by atoms with van der Waals surface area (Å²) in [6.07, 6.45) is 5.25. The summed E-state index contributed by atoms with van der Waals surface area (Å²) in [5.41, 5.74) is 1.07. The number of nitrogens with one attached hydrogen (secondary N) is 2. The Morgan fingerprint density at radius 1 is 1.38 bits per heavy atom. The van der Waals surface area contributed by atoms with E-state index in [0.717, 1.165) is 5.69 Å². The molecule has 2 heterocycles. The Bertz CT molecular complexity index is 930. The van der Waals surface area contributed by atoms with Gasteiger partial charge in [-0.05, 0) is 41.8 Å². The second-order valence-electron chi connectivity index (χ2n) is 7.89. The third-order valence-corrected chi connectivity index (χ3v) is 5.07. The predicted molar refractivity (Wildman–Crippen MR) is 114 cm³/mol. The van der Waals surface area contributed by atoms with Gasteiger partial charge >= 0.3 is 0 Å². The normalized spacial score (nSPS) is 18.8. The van der Waals surface area contributed by atoms with Crippen LogP contribution >= 0.6 is 11.6 Å². The SMILES string of the molecule is CC(C)(C)C(NC(=O)c1ccc(Cl)cc1)C1CNC(=NC#N)N1c1cccnc1. The summed E-state index contributed by atoms with van der Waals surface area (Å²) in [4.78, 5) is 23.0. The van der Waals surface area contributed by atoms with E-state index in [4.69, 9.17) is 16.9 Å². The lowest BCUT2D eigenvalue weighted by Gasteiger charge is -2.39. The highest BCUT2D eigenvalue weighted by molar-refractivity contribution is 6.30. The highest BCUT2D eigenvalue weighted by Gasteiger charge is 2.42. The van der Waals surface area contributed by atoms with Crippen molar-refractivity contribution in [3.05, 3.63) is 59.4 Å². The first-order valence-electron chi connectivity index (χ1n) is 9.27. The summed E-state index contributed by atoms with van der Waals surface area (Å²) < 4.78 is 0. The van der Waals surface area contributed by atoms with Gasteiger partial charge in [0.25, 0.3) is 5.91 Å². The minimum atomic E-state index is -0.267. The van der Waals surface area contributed by atoms with Crippen LogP contribution in [0.4, 0.5) is 5.69 Å². The molecule has 0 spiro atoms. The Morgan fingerprint density at radius 3 is 2.69 bits per heavy atom. The molecule has 1 aromatic carbocycles. The van der Waals surface area contributed by atoms with E-state index in [9.17, 15) is 4.79 Å². The van der Waals surface area contributed by atoms with Crippen molar-refractivity contribution in [2.24, 2.45) is 10.4 Å². The van der Waals surface area contributed by atoms with E-state index in [1.807, 2.05) is 23.2 Å². The van der Waals surface area contributed by atoms with E-state index >= 15 is 0 Å². The van der Waals surface area contributed by atoms with Gasteiger partial charge in [0, 0.05) is 23.3 Å². The molecule has 0 aliphatic carbocycles. The molecule has 1 aromatic heterocycles. The number of aliphatic imine (C=N–C) groups is 1. The van der Waals surface area contributed by atoms with Crippen molar-refractivity contribution in [2.75, 3.05) is 11.4 Å². The number of nitrogens with zero attached hydrogens (tertiary/aromatic N) is 4. The number of guanidine groups is 1. The number of hydrogen-bond donors (Lipinski definition) is 2. The highest BCUT2D eigenvalue weighted by Crippen LogP contribution is 2.30. The Labute approximate surface area is 175 Å². The van der Waals surface area contributed by atoms with Gasteiger partial charge in [0.15, 0.2) is 0 Å². The lowest BCUT2D eigenvalue weighted by molar-refractivity contribution is 0.0890. The van der Waals surface area contributed by atoms with Crippen LogP contribution in [0.3, 0.4) is 0 Å². The predicted octanol–water partition coefficient (Wildman–Crippen LogP) is 3.19. The first-order valence-corrected chi connectivity index (χ1v) is 9.65. The third kappa shape index (κ3) is 4.66. The number of benzene rings is 1. The molecule has 1 aliphatic heterocycles. The van der Waals surface area contributed by atoms with Gasteiger partial charge in [0.05, 0.1) is 24.0 Å². The van der Waals surface area contributed by atoms with Crippen LogP contribution in [0.1, 0.15) is 31.1 Å². The molecule has 1 fully saturated rings. The number of anilines is 1. The summed E-state index contributed by atoms with van der Waals surface area (Å²) in [7, 11) is 0.